The van der Waals surface area contributed by atoms with Crippen LogP contribution in [-0.2, 0) is 36.7 Å². The molecular formula is C31H42FN3O6. The van der Waals surface area contributed by atoms with Gasteiger partial charge in [0.25, 0.3) is 0 Å². The molecule has 0 aliphatic heterocycles. The van der Waals surface area contributed by atoms with E-state index >= 15 is 0 Å². The van der Waals surface area contributed by atoms with Crippen LogP contribution in [-0.4, -0.2) is 59.9 Å². The van der Waals surface area contributed by atoms with E-state index in [1.54, 1.807) is 52.0 Å². The van der Waals surface area contributed by atoms with Crippen LogP contribution in [0.1, 0.15) is 59.1 Å². The number of alkyl carbamates (subject to hydrolysis) is 1. The minimum absolute atomic E-state index is 0.0552. The lowest BCUT2D eigenvalue weighted by Gasteiger charge is -2.27. The van der Waals surface area contributed by atoms with Gasteiger partial charge in [0.05, 0.1) is 6.61 Å². The number of alkyl halides is 1. The second-order valence-electron chi connectivity index (χ2n) is 11.4. The third-order valence-electron chi connectivity index (χ3n) is 5.78. The summed E-state index contributed by atoms with van der Waals surface area (Å²) in [6, 6.07) is 14.6. The molecule has 0 fully saturated rings. The van der Waals surface area contributed by atoms with Crippen LogP contribution in [0.4, 0.5) is 9.18 Å². The van der Waals surface area contributed by atoms with Crippen molar-refractivity contribution in [3.05, 3.63) is 71.8 Å². The number of carbonyl (C=O) groups excluding carboxylic acids is 4. The van der Waals surface area contributed by atoms with Crippen molar-refractivity contribution in [3.8, 4) is 0 Å². The molecule has 0 saturated heterocycles. The van der Waals surface area contributed by atoms with Gasteiger partial charge in [0, 0.05) is 19.3 Å². The summed E-state index contributed by atoms with van der Waals surface area (Å²) in [5.41, 5.74) is -1.05. The van der Waals surface area contributed by atoms with E-state index in [1.165, 1.54) is 13.8 Å². The molecule has 0 heterocycles. The smallest absolute Gasteiger partial charge is 0.408 e. The number of hydrogen-bond acceptors (Lipinski definition) is 6. The third kappa shape index (κ3) is 12.8. The first-order valence-electron chi connectivity index (χ1n) is 13.7. The summed E-state index contributed by atoms with van der Waals surface area (Å²) in [4.78, 5) is 52.3. The molecule has 10 heteroatoms. The zero-order chi connectivity index (χ0) is 30.6. The third-order valence-corrected chi connectivity index (χ3v) is 5.78. The molecule has 224 valence electrons. The standard InChI is InChI=1S/C31H42FN3O6/c1-7-40-28(38)25(20-31(5,6)32)34-26(36)23(18-21-14-10-8-11-15-21)33-27(37)24(19-22-16-12-9-13-17-22)35-29(39)41-30(2,3)4/h8-17,23-25H,7,18-20H2,1-6H3,(H,33,37)(H,34,36)(H,35,39)/t23-,24-,25?/m1/s1. The number of ether oxygens (including phenoxy) is 2. The van der Waals surface area contributed by atoms with Crippen molar-refractivity contribution in [1.29, 1.82) is 0 Å². The summed E-state index contributed by atoms with van der Waals surface area (Å²) in [6.45, 7) is 9.38. The van der Waals surface area contributed by atoms with E-state index in [0.717, 1.165) is 11.1 Å². The first kappa shape index (κ1) is 33.3. The Bertz CT molecular complexity index is 1150. The van der Waals surface area contributed by atoms with Gasteiger partial charge in [-0.3, -0.25) is 9.59 Å². The first-order chi connectivity index (χ1) is 19.2. The molecule has 1 unspecified atom stereocenters. The van der Waals surface area contributed by atoms with Crippen LogP contribution in [0.15, 0.2) is 60.7 Å². The van der Waals surface area contributed by atoms with Gasteiger partial charge >= 0.3 is 12.1 Å². The predicted molar refractivity (Wildman–Crippen MR) is 154 cm³/mol. The summed E-state index contributed by atoms with van der Waals surface area (Å²) in [5.74, 6) is -2.10. The summed E-state index contributed by atoms with van der Waals surface area (Å²) in [5, 5.41) is 7.90. The number of esters is 1. The molecular weight excluding hydrogens is 529 g/mol. The first-order valence-corrected chi connectivity index (χ1v) is 13.7. The molecule has 3 N–H and O–H groups in total. The summed E-state index contributed by atoms with van der Waals surface area (Å²) in [6.07, 6.45) is -0.893. The molecule has 9 nitrogen and oxygen atoms in total. The highest BCUT2D eigenvalue weighted by molar-refractivity contribution is 5.93. The van der Waals surface area contributed by atoms with Crippen molar-refractivity contribution in [2.75, 3.05) is 6.61 Å². The molecule has 0 aliphatic rings. The number of rotatable bonds is 13. The molecule has 2 aromatic carbocycles. The highest BCUT2D eigenvalue weighted by atomic mass is 19.1. The molecule has 0 saturated carbocycles. The molecule has 2 rings (SSSR count). The fraction of sp³-hybridized carbons (Fsp3) is 0.484. The SMILES string of the molecule is CCOC(=O)C(CC(C)(C)F)NC(=O)[C@@H](Cc1ccccc1)NC(=O)[C@@H](Cc1ccccc1)NC(=O)OC(C)(C)C. The van der Waals surface area contributed by atoms with E-state index in [-0.39, 0.29) is 25.9 Å². The molecule has 0 aliphatic carbocycles. The van der Waals surface area contributed by atoms with Gasteiger partial charge in [-0.1, -0.05) is 60.7 Å². The maximum absolute atomic E-state index is 14.5. The molecule has 3 atom stereocenters. The van der Waals surface area contributed by atoms with E-state index in [4.69, 9.17) is 9.47 Å². The highest BCUT2D eigenvalue weighted by Crippen LogP contribution is 2.18. The summed E-state index contributed by atoms with van der Waals surface area (Å²) >= 11 is 0. The fourth-order valence-electron chi connectivity index (χ4n) is 4.03. The van der Waals surface area contributed by atoms with Crippen LogP contribution in [0.5, 0.6) is 0 Å². The Morgan fingerprint density at radius 1 is 0.732 bits per heavy atom. The van der Waals surface area contributed by atoms with Gasteiger partial charge in [0.1, 0.15) is 29.4 Å². The maximum atomic E-state index is 14.5. The van der Waals surface area contributed by atoms with Crippen molar-refractivity contribution in [1.82, 2.24) is 16.0 Å². The van der Waals surface area contributed by atoms with Crippen molar-refractivity contribution >= 4 is 23.9 Å². The minimum atomic E-state index is -1.78. The normalized spacial score (nSPS) is 13.7. The number of nitrogens with one attached hydrogen (secondary N) is 3. The van der Waals surface area contributed by atoms with Crippen molar-refractivity contribution in [2.24, 2.45) is 0 Å². The molecule has 0 aromatic heterocycles. The summed E-state index contributed by atoms with van der Waals surface area (Å²) < 4.78 is 24.9. The highest BCUT2D eigenvalue weighted by Gasteiger charge is 2.34. The fourth-order valence-corrected chi connectivity index (χ4v) is 4.03. The predicted octanol–water partition coefficient (Wildman–Crippen LogP) is 4.04. The van der Waals surface area contributed by atoms with E-state index in [0.29, 0.717) is 0 Å². The molecule has 2 aromatic rings. The van der Waals surface area contributed by atoms with Crippen molar-refractivity contribution < 1.29 is 33.0 Å². The van der Waals surface area contributed by atoms with Crippen LogP contribution in [0.2, 0.25) is 0 Å². The lowest BCUT2D eigenvalue weighted by molar-refractivity contribution is -0.148. The number of hydrogen-bond donors (Lipinski definition) is 3. The topological polar surface area (TPSA) is 123 Å². The van der Waals surface area contributed by atoms with Gasteiger partial charge in [0.15, 0.2) is 0 Å². The van der Waals surface area contributed by atoms with Gasteiger partial charge in [0.2, 0.25) is 11.8 Å². The second-order valence-corrected chi connectivity index (χ2v) is 11.4. The molecule has 0 bridgehead atoms. The van der Waals surface area contributed by atoms with Crippen LogP contribution >= 0.6 is 0 Å². The Kier molecular flexibility index (Phi) is 12.3. The number of amides is 3. The van der Waals surface area contributed by atoms with Crippen LogP contribution < -0.4 is 16.0 Å². The van der Waals surface area contributed by atoms with E-state index in [2.05, 4.69) is 16.0 Å². The van der Waals surface area contributed by atoms with E-state index < -0.39 is 53.3 Å². The average Bonchev–Trinajstić information content (AvgIpc) is 2.87. The maximum Gasteiger partial charge on any atom is 0.408 e. The lowest BCUT2D eigenvalue weighted by Crippen LogP contribution is -2.57. The molecule has 41 heavy (non-hydrogen) atoms. The molecule has 0 radical (unpaired) electrons. The van der Waals surface area contributed by atoms with Gasteiger partial charge < -0.3 is 25.4 Å². The van der Waals surface area contributed by atoms with Crippen molar-refractivity contribution in [3.63, 3.8) is 0 Å². The monoisotopic (exact) mass is 571 g/mol. The average molecular weight is 572 g/mol. The quantitative estimate of drug-likeness (QED) is 0.312. The van der Waals surface area contributed by atoms with Crippen LogP contribution in [0.25, 0.3) is 0 Å². The van der Waals surface area contributed by atoms with E-state index in [1.807, 2.05) is 36.4 Å². The number of carbonyl (C=O) groups is 4. The Labute approximate surface area is 241 Å². The number of benzene rings is 2. The Hall–Kier alpha value is -3.95. The lowest BCUT2D eigenvalue weighted by atomic mass is 9.99. The Balaban J connectivity index is 2.33. The Morgan fingerprint density at radius 2 is 1.17 bits per heavy atom. The van der Waals surface area contributed by atoms with Gasteiger partial charge in [-0.25, -0.2) is 14.0 Å². The van der Waals surface area contributed by atoms with E-state index in [9.17, 15) is 23.6 Å². The summed E-state index contributed by atoms with van der Waals surface area (Å²) in [7, 11) is 0. The van der Waals surface area contributed by atoms with Crippen LogP contribution in [0, 0.1) is 0 Å². The van der Waals surface area contributed by atoms with Gasteiger partial charge in [-0.2, -0.15) is 0 Å². The van der Waals surface area contributed by atoms with Crippen LogP contribution in [0.3, 0.4) is 0 Å². The van der Waals surface area contributed by atoms with Crippen molar-refractivity contribution in [2.45, 2.75) is 90.2 Å². The van der Waals surface area contributed by atoms with Gasteiger partial charge in [-0.05, 0) is 52.7 Å². The minimum Gasteiger partial charge on any atom is -0.464 e. The number of halogens is 1. The Morgan fingerprint density at radius 3 is 1.59 bits per heavy atom. The molecule has 0 spiro atoms. The zero-order valence-corrected chi connectivity index (χ0v) is 24.7. The second kappa shape index (κ2) is 15.2. The zero-order valence-electron chi connectivity index (χ0n) is 24.7. The van der Waals surface area contributed by atoms with Gasteiger partial charge in [-0.15, -0.1) is 0 Å². The molecule has 3 amide bonds. The largest absolute Gasteiger partial charge is 0.464 e.